The maximum atomic E-state index is 12.6. The number of hydrogen-bond acceptors (Lipinski definition) is 10. The van der Waals surface area contributed by atoms with E-state index >= 15 is 0 Å². The standard InChI is InChI=1S/C15H16O10/c1-24-10(18)6-3-14(12(20)21)5-15(8(6)16,13(22)23)4-7(9(14)17)11(19)25-2/h6-7H,3-5H2,1-2H3,(H,20,21)(H,22,23)/p-2/t6-,7-,14-,15+/m0/s1. The Balaban J connectivity index is 2.71. The summed E-state index contributed by atoms with van der Waals surface area (Å²) in [5.74, 6) is -12.2. The summed E-state index contributed by atoms with van der Waals surface area (Å²) in [7, 11) is 1.85. The van der Waals surface area contributed by atoms with Gasteiger partial charge in [0.1, 0.15) is 11.8 Å². The first-order chi connectivity index (χ1) is 11.6. The van der Waals surface area contributed by atoms with E-state index in [0.29, 0.717) is 0 Å². The second kappa shape index (κ2) is 5.94. The number of carbonyl (C=O) groups is 6. The summed E-state index contributed by atoms with van der Waals surface area (Å²) >= 11 is 0. The SMILES string of the molecule is COC(=O)[C@H]1C[C@]2(C(=O)[O-])C[C@](C(=O)[O-])(C[C@H](C(=O)OC)C2=O)C1=O. The molecular weight excluding hydrogens is 340 g/mol. The zero-order valence-electron chi connectivity index (χ0n) is 13.4. The van der Waals surface area contributed by atoms with Crippen molar-refractivity contribution in [3.63, 3.8) is 0 Å². The lowest BCUT2D eigenvalue weighted by Crippen LogP contribution is -2.68. The average molecular weight is 354 g/mol. The van der Waals surface area contributed by atoms with Crippen LogP contribution in [0.3, 0.4) is 0 Å². The van der Waals surface area contributed by atoms with E-state index in [4.69, 9.17) is 0 Å². The lowest BCUT2D eigenvalue weighted by atomic mass is 9.48. The largest absolute Gasteiger partial charge is 0.549 e. The van der Waals surface area contributed by atoms with Crippen molar-refractivity contribution >= 4 is 35.4 Å². The second-order valence-electron chi connectivity index (χ2n) is 6.20. The number of carbonyl (C=O) groups excluding carboxylic acids is 6. The van der Waals surface area contributed by atoms with Gasteiger partial charge in [-0.25, -0.2) is 0 Å². The molecule has 10 heteroatoms. The number of fused-ring (bicyclic) bond motifs is 2. The maximum Gasteiger partial charge on any atom is 0.316 e. The molecule has 0 spiro atoms. The molecule has 0 heterocycles. The molecule has 0 aromatic heterocycles. The number of aliphatic carboxylic acids is 2. The van der Waals surface area contributed by atoms with Gasteiger partial charge in [0.2, 0.25) is 0 Å². The molecule has 0 amide bonds. The molecular formula is C15H14O10-2. The van der Waals surface area contributed by atoms with Crippen LogP contribution >= 0.6 is 0 Å². The van der Waals surface area contributed by atoms with Crippen LogP contribution in [-0.2, 0) is 38.2 Å². The molecule has 0 aromatic carbocycles. The maximum absolute atomic E-state index is 12.6. The Bertz CT molecular complexity index is 636. The summed E-state index contributed by atoms with van der Waals surface area (Å²) in [5, 5.41) is 23.4. The number of rotatable bonds is 4. The number of carboxylic acids is 2. The number of esters is 2. The number of methoxy groups -OCH3 is 2. The number of ketones is 2. The van der Waals surface area contributed by atoms with Crippen LogP contribution in [0.25, 0.3) is 0 Å². The van der Waals surface area contributed by atoms with E-state index in [9.17, 15) is 39.0 Å². The van der Waals surface area contributed by atoms with Gasteiger partial charge in [-0.3, -0.25) is 19.2 Å². The Morgan fingerprint density at radius 1 is 0.840 bits per heavy atom. The van der Waals surface area contributed by atoms with E-state index in [1.807, 2.05) is 0 Å². The molecule has 4 atom stereocenters. The van der Waals surface area contributed by atoms with E-state index in [1.165, 1.54) is 0 Å². The Morgan fingerprint density at radius 2 is 1.16 bits per heavy atom. The molecule has 0 aromatic rings. The zero-order chi connectivity index (χ0) is 19.2. The molecule has 0 N–H and O–H groups in total. The van der Waals surface area contributed by atoms with E-state index in [-0.39, 0.29) is 0 Å². The van der Waals surface area contributed by atoms with Crippen molar-refractivity contribution in [3.05, 3.63) is 0 Å². The molecule has 2 bridgehead atoms. The predicted molar refractivity (Wildman–Crippen MR) is 69.8 cm³/mol. The smallest absolute Gasteiger partial charge is 0.316 e. The molecule has 25 heavy (non-hydrogen) atoms. The molecule has 2 aliphatic carbocycles. The van der Waals surface area contributed by atoms with E-state index in [2.05, 4.69) is 9.47 Å². The number of carboxylic acid groups (broad SMARTS) is 2. The molecule has 2 saturated carbocycles. The van der Waals surface area contributed by atoms with Gasteiger partial charge < -0.3 is 29.3 Å². The number of hydrogen-bond donors (Lipinski definition) is 0. The first kappa shape index (κ1) is 18.6. The Hall–Kier alpha value is -2.78. The second-order valence-corrected chi connectivity index (χ2v) is 6.20. The van der Waals surface area contributed by atoms with Crippen LogP contribution in [0.5, 0.6) is 0 Å². The molecule has 2 fully saturated rings. The van der Waals surface area contributed by atoms with Crippen molar-refractivity contribution in [1.82, 2.24) is 0 Å². The molecule has 2 aliphatic rings. The molecule has 10 nitrogen and oxygen atoms in total. The fourth-order valence-electron chi connectivity index (χ4n) is 3.76. The van der Waals surface area contributed by atoms with Gasteiger partial charge in [-0.2, -0.15) is 0 Å². The average Bonchev–Trinajstić information content (AvgIpc) is 2.58. The highest BCUT2D eigenvalue weighted by molar-refractivity contribution is 6.20. The quantitative estimate of drug-likeness (QED) is 0.363. The van der Waals surface area contributed by atoms with Gasteiger partial charge in [0, 0.05) is 0 Å². The number of ether oxygens (including phenoxy) is 2. The summed E-state index contributed by atoms with van der Waals surface area (Å²) < 4.78 is 8.83. The summed E-state index contributed by atoms with van der Waals surface area (Å²) in [6.45, 7) is 0. The minimum atomic E-state index is -2.51. The van der Waals surface area contributed by atoms with Crippen molar-refractivity contribution in [2.75, 3.05) is 14.2 Å². The highest BCUT2D eigenvalue weighted by Gasteiger charge is 2.66. The van der Waals surface area contributed by atoms with Gasteiger partial charge in [0.05, 0.1) is 37.0 Å². The fraction of sp³-hybridized carbons (Fsp3) is 0.600. The summed E-state index contributed by atoms with van der Waals surface area (Å²) in [5.41, 5.74) is -5.02. The highest BCUT2D eigenvalue weighted by Crippen LogP contribution is 2.55. The topological polar surface area (TPSA) is 167 Å². The third kappa shape index (κ3) is 2.39. The van der Waals surface area contributed by atoms with Gasteiger partial charge in [0.25, 0.3) is 0 Å². The van der Waals surface area contributed by atoms with Crippen LogP contribution < -0.4 is 10.2 Å². The van der Waals surface area contributed by atoms with E-state index in [0.717, 1.165) is 14.2 Å². The van der Waals surface area contributed by atoms with Gasteiger partial charge in [-0.15, -0.1) is 0 Å². The molecule has 136 valence electrons. The van der Waals surface area contributed by atoms with Crippen molar-refractivity contribution in [2.24, 2.45) is 22.7 Å². The molecule has 0 unspecified atom stereocenters. The first-order valence-corrected chi connectivity index (χ1v) is 7.24. The minimum absolute atomic E-state index is 0.845. The van der Waals surface area contributed by atoms with Crippen LogP contribution in [0.1, 0.15) is 19.3 Å². The molecule has 0 aliphatic heterocycles. The highest BCUT2D eigenvalue weighted by atomic mass is 16.5. The van der Waals surface area contributed by atoms with E-state index in [1.54, 1.807) is 0 Å². The van der Waals surface area contributed by atoms with Crippen molar-refractivity contribution < 1.29 is 48.5 Å². The monoisotopic (exact) mass is 354 g/mol. The summed E-state index contributed by atoms with van der Waals surface area (Å²) in [6, 6.07) is 0. The lowest BCUT2D eigenvalue weighted by Gasteiger charge is -2.54. The summed E-state index contributed by atoms with van der Waals surface area (Å²) in [4.78, 5) is 72.4. The van der Waals surface area contributed by atoms with Crippen LogP contribution in [0.15, 0.2) is 0 Å². The van der Waals surface area contributed by atoms with Crippen LogP contribution in [0, 0.1) is 22.7 Å². The Kier molecular flexibility index (Phi) is 4.41. The van der Waals surface area contributed by atoms with E-state index < -0.39 is 77.4 Å². The Morgan fingerprint density at radius 3 is 1.40 bits per heavy atom. The summed E-state index contributed by atoms with van der Waals surface area (Å²) in [6.07, 6.45) is -2.63. The van der Waals surface area contributed by atoms with Gasteiger partial charge in [-0.05, 0) is 19.3 Å². The number of Topliss-reactive ketones (excluding diaryl/α,β-unsaturated/α-hetero) is 2. The molecule has 0 saturated heterocycles. The Labute approximate surface area is 141 Å². The van der Waals surface area contributed by atoms with Crippen LogP contribution in [-0.4, -0.2) is 49.7 Å². The van der Waals surface area contributed by atoms with Crippen LogP contribution in [0.4, 0.5) is 0 Å². The zero-order valence-corrected chi connectivity index (χ0v) is 13.4. The molecule has 0 radical (unpaired) electrons. The van der Waals surface area contributed by atoms with Crippen LogP contribution in [0.2, 0.25) is 0 Å². The normalized spacial score (nSPS) is 34.2. The van der Waals surface area contributed by atoms with Crippen molar-refractivity contribution in [1.29, 1.82) is 0 Å². The minimum Gasteiger partial charge on any atom is -0.549 e. The first-order valence-electron chi connectivity index (χ1n) is 7.24. The van der Waals surface area contributed by atoms with Gasteiger partial charge in [0.15, 0.2) is 11.6 Å². The third-order valence-corrected chi connectivity index (χ3v) is 5.04. The van der Waals surface area contributed by atoms with Gasteiger partial charge in [-0.1, -0.05) is 0 Å². The third-order valence-electron chi connectivity index (χ3n) is 5.04. The predicted octanol–water partition coefficient (Wildman–Crippen LogP) is -3.63. The van der Waals surface area contributed by atoms with Gasteiger partial charge >= 0.3 is 11.9 Å². The molecule has 2 rings (SSSR count). The van der Waals surface area contributed by atoms with Crippen molar-refractivity contribution in [2.45, 2.75) is 19.3 Å². The lowest BCUT2D eigenvalue weighted by molar-refractivity contribution is -0.328. The fourth-order valence-corrected chi connectivity index (χ4v) is 3.76. The van der Waals surface area contributed by atoms with Crippen molar-refractivity contribution in [3.8, 4) is 0 Å².